The first-order chi connectivity index (χ1) is 20.3. The zero-order valence-corrected chi connectivity index (χ0v) is 29.4. The van der Waals surface area contributed by atoms with Crippen LogP contribution >= 0.6 is 0 Å². The molecule has 0 radical (unpaired) electrons. The van der Waals surface area contributed by atoms with E-state index in [-0.39, 0.29) is 60.8 Å². The van der Waals surface area contributed by atoms with E-state index in [1.165, 1.54) is 116 Å². The number of carboxylic acid groups (broad SMARTS) is 2. The predicted molar refractivity (Wildman–Crippen MR) is 173 cm³/mol. The van der Waals surface area contributed by atoms with E-state index in [0.29, 0.717) is 12.8 Å². The van der Waals surface area contributed by atoms with Gasteiger partial charge in [0.25, 0.3) is 0 Å². The minimum absolute atomic E-state index is 0. The molecular formula is C34H64MgN2O6. The number of nitrogens with one attached hydrogen (secondary N) is 2. The maximum Gasteiger partial charge on any atom is 2.00 e. The van der Waals surface area contributed by atoms with Crippen molar-refractivity contribution in [3.63, 3.8) is 0 Å². The number of carbonyl (C=O) groups excluding carboxylic acids is 4. The largest absolute Gasteiger partial charge is 2.00 e. The van der Waals surface area contributed by atoms with E-state index in [0.717, 1.165) is 25.7 Å². The fraction of sp³-hybridized carbons (Fsp3) is 0.882. The van der Waals surface area contributed by atoms with Gasteiger partial charge in [-0.3, -0.25) is 9.59 Å². The van der Waals surface area contributed by atoms with Crippen molar-refractivity contribution in [2.45, 2.75) is 181 Å². The first-order valence-corrected chi connectivity index (χ1v) is 17.3. The fourth-order valence-electron chi connectivity index (χ4n) is 4.68. The Bertz CT molecular complexity index is 594. The summed E-state index contributed by atoms with van der Waals surface area (Å²) in [6.07, 6.45) is 28.6. The molecule has 0 atom stereocenters. The molecule has 43 heavy (non-hydrogen) atoms. The van der Waals surface area contributed by atoms with Gasteiger partial charge in [-0.25, -0.2) is 0 Å². The van der Waals surface area contributed by atoms with Crippen LogP contribution in [-0.4, -0.2) is 59.9 Å². The Balaban J connectivity index is -0.000000727. The summed E-state index contributed by atoms with van der Waals surface area (Å²) in [7, 11) is 0. The number of unbranched alkanes of at least 4 members (excludes halogenated alkanes) is 20. The van der Waals surface area contributed by atoms with Crippen molar-refractivity contribution in [1.82, 2.24) is 10.6 Å². The Morgan fingerprint density at radius 1 is 0.395 bits per heavy atom. The van der Waals surface area contributed by atoms with Gasteiger partial charge in [0.15, 0.2) is 0 Å². The van der Waals surface area contributed by atoms with E-state index in [2.05, 4.69) is 24.5 Å². The predicted octanol–water partition coefficient (Wildman–Crippen LogP) is 5.51. The molecule has 0 aliphatic carbocycles. The Kier molecular flexibility index (Phi) is 41.4. The van der Waals surface area contributed by atoms with Gasteiger partial charge in [-0.05, 0) is 12.8 Å². The van der Waals surface area contributed by atoms with Crippen LogP contribution in [0.5, 0.6) is 0 Å². The summed E-state index contributed by atoms with van der Waals surface area (Å²) in [6, 6.07) is 0. The van der Waals surface area contributed by atoms with E-state index in [1.54, 1.807) is 0 Å². The number of rotatable bonds is 30. The van der Waals surface area contributed by atoms with Gasteiger partial charge < -0.3 is 30.4 Å². The van der Waals surface area contributed by atoms with Crippen LogP contribution in [0, 0.1) is 0 Å². The standard InChI is InChI=1S/2C17H33NO3.Mg/c2*1-2-3-4-5-6-7-8-9-10-11-12-13-16(19)18-15-14-17(20)21;/h2*2-15H2,1H3,(H,18,19)(H,20,21);/q;;+2/p-2. The second kappa shape index (κ2) is 38.7. The molecular weight excluding hydrogens is 557 g/mol. The molecule has 0 rings (SSSR count). The quantitative estimate of drug-likeness (QED) is 0.0802. The molecule has 0 aromatic rings. The molecule has 0 aliphatic rings. The normalized spacial score (nSPS) is 10.3. The summed E-state index contributed by atoms with van der Waals surface area (Å²) in [5.74, 6) is -2.34. The molecule has 0 aliphatic heterocycles. The number of hydrogen-bond donors (Lipinski definition) is 2. The number of aliphatic carboxylic acids is 2. The van der Waals surface area contributed by atoms with Gasteiger partial charge in [-0.15, -0.1) is 0 Å². The topological polar surface area (TPSA) is 138 Å². The van der Waals surface area contributed by atoms with Crippen molar-refractivity contribution >= 4 is 46.8 Å². The maximum atomic E-state index is 11.4. The summed E-state index contributed by atoms with van der Waals surface area (Å²) >= 11 is 0. The zero-order valence-electron chi connectivity index (χ0n) is 28.0. The Morgan fingerprint density at radius 2 is 0.628 bits per heavy atom. The van der Waals surface area contributed by atoms with E-state index in [9.17, 15) is 29.4 Å². The molecule has 2 N–H and O–H groups in total. The molecule has 0 aromatic carbocycles. The number of amides is 2. The minimum Gasteiger partial charge on any atom is -0.550 e. The van der Waals surface area contributed by atoms with Crippen molar-refractivity contribution in [2.24, 2.45) is 0 Å². The molecule has 0 saturated carbocycles. The van der Waals surface area contributed by atoms with Gasteiger partial charge >= 0.3 is 23.1 Å². The van der Waals surface area contributed by atoms with Crippen LogP contribution in [0.3, 0.4) is 0 Å². The molecule has 0 spiro atoms. The first-order valence-electron chi connectivity index (χ1n) is 17.3. The smallest absolute Gasteiger partial charge is 0.550 e. The number of carboxylic acids is 2. The van der Waals surface area contributed by atoms with Crippen LogP contribution in [0.1, 0.15) is 181 Å². The maximum absolute atomic E-state index is 11.4. The Labute approximate surface area is 279 Å². The summed E-state index contributed by atoms with van der Waals surface area (Å²) in [5, 5.41) is 25.5. The third-order valence-corrected chi connectivity index (χ3v) is 7.32. The SMILES string of the molecule is CCCCCCCCCCCCCC(=O)NCCC(=O)[O-].CCCCCCCCCCCCCC(=O)NCCC(=O)[O-].[Mg+2]. The molecule has 8 nitrogen and oxygen atoms in total. The molecule has 0 saturated heterocycles. The van der Waals surface area contributed by atoms with Crippen molar-refractivity contribution < 1.29 is 29.4 Å². The van der Waals surface area contributed by atoms with Gasteiger partial charge in [-0.2, -0.15) is 0 Å². The van der Waals surface area contributed by atoms with Crippen LogP contribution in [-0.2, 0) is 19.2 Å². The van der Waals surface area contributed by atoms with Gasteiger partial charge in [0.05, 0.1) is 0 Å². The van der Waals surface area contributed by atoms with Gasteiger partial charge in [0.2, 0.25) is 11.8 Å². The third-order valence-electron chi connectivity index (χ3n) is 7.32. The van der Waals surface area contributed by atoms with Gasteiger partial charge in [0.1, 0.15) is 0 Å². The molecule has 0 heterocycles. The van der Waals surface area contributed by atoms with E-state index < -0.39 is 11.9 Å². The van der Waals surface area contributed by atoms with Crippen LogP contribution < -0.4 is 20.8 Å². The van der Waals surface area contributed by atoms with Crippen molar-refractivity contribution in [1.29, 1.82) is 0 Å². The zero-order chi connectivity index (χ0) is 31.5. The second-order valence-corrected chi connectivity index (χ2v) is 11.5. The van der Waals surface area contributed by atoms with Gasteiger partial charge in [0, 0.05) is 50.7 Å². The van der Waals surface area contributed by atoms with Crippen LogP contribution in [0.25, 0.3) is 0 Å². The molecule has 0 unspecified atom stereocenters. The Morgan fingerprint density at radius 3 is 0.860 bits per heavy atom. The third kappa shape index (κ3) is 45.2. The van der Waals surface area contributed by atoms with Crippen LogP contribution in [0.4, 0.5) is 0 Å². The van der Waals surface area contributed by atoms with Crippen LogP contribution in [0.2, 0.25) is 0 Å². The Hall–Kier alpha value is -1.35. The monoisotopic (exact) mass is 620 g/mol. The summed E-state index contributed by atoms with van der Waals surface area (Å²) < 4.78 is 0. The van der Waals surface area contributed by atoms with Crippen molar-refractivity contribution in [3.05, 3.63) is 0 Å². The summed E-state index contributed by atoms with van der Waals surface area (Å²) in [5.41, 5.74) is 0. The van der Waals surface area contributed by atoms with Crippen LogP contribution in [0.15, 0.2) is 0 Å². The summed E-state index contributed by atoms with van der Waals surface area (Å²) in [6.45, 7) is 4.84. The molecule has 0 aromatic heterocycles. The average Bonchev–Trinajstić information content (AvgIpc) is 2.94. The minimum atomic E-state index is -1.12. The van der Waals surface area contributed by atoms with E-state index in [1.807, 2.05) is 0 Å². The molecule has 2 amide bonds. The summed E-state index contributed by atoms with van der Waals surface area (Å²) in [4.78, 5) is 43.1. The van der Waals surface area contributed by atoms with Crippen molar-refractivity contribution in [2.75, 3.05) is 13.1 Å². The molecule has 9 heteroatoms. The van der Waals surface area contributed by atoms with E-state index >= 15 is 0 Å². The fourth-order valence-corrected chi connectivity index (χ4v) is 4.68. The number of carbonyl (C=O) groups is 4. The molecule has 0 fully saturated rings. The first kappa shape index (κ1) is 46.1. The van der Waals surface area contributed by atoms with E-state index in [4.69, 9.17) is 0 Å². The second-order valence-electron chi connectivity index (χ2n) is 11.5. The molecule has 0 bridgehead atoms. The van der Waals surface area contributed by atoms with Crippen molar-refractivity contribution in [3.8, 4) is 0 Å². The van der Waals surface area contributed by atoms with Gasteiger partial charge in [-0.1, -0.05) is 142 Å². The number of hydrogen-bond acceptors (Lipinski definition) is 6. The average molecular weight is 621 g/mol. The molecule has 248 valence electrons.